The van der Waals surface area contributed by atoms with Gasteiger partial charge in [-0.05, 0) is 36.4 Å². The van der Waals surface area contributed by atoms with E-state index in [-0.39, 0.29) is 36.8 Å². The molecule has 8 nitrogen and oxygen atoms in total. The van der Waals surface area contributed by atoms with Crippen molar-refractivity contribution in [2.45, 2.75) is 4.90 Å². The molecule has 1 heterocycles. The minimum Gasteiger partial charge on any atom is -0.363 e. The van der Waals surface area contributed by atoms with Gasteiger partial charge in [-0.3, -0.25) is 10.1 Å². The maximum Gasteiger partial charge on any atom is 0.292 e. The van der Waals surface area contributed by atoms with Crippen molar-refractivity contribution in [1.29, 1.82) is 5.26 Å². The van der Waals surface area contributed by atoms with Crippen molar-refractivity contribution in [3.8, 4) is 6.07 Å². The average molecular weight is 407 g/mol. The summed E-state index contributed by atoms with van der Waals surface area (Å²) < 4.78 is 26.8. The molecule has 27 heavy (non-hydrogen) atoms. The highest BCUT2D eigenvalue weighted by Gasteiger charge is 2.30. The van der Waals surface area contributed by atoms with Crippen molar-refractivity contribution in [1.82, 2.24) is 4.31 Å². The second kappa shape index (κ2) is 7.52. The minimum atomic E-state index is -3.66. The summed E-state index contributed by atoms with van der Waals surface area (Å²) in [6, 6.07) is 12.0. The summed E-state index contributed by atoms with van der Waals surface area (Å²) in [6.45, 7) is 0.920. The van der Waals surface area contributed by atoms with Crippen LogP contribution in [-0.2, 0) is 10.0 Å². The van der Waals surface area contributed by atoms with Crippen LogP contribution < -0.4 is 4.90 Å². The molecule has 2 aromatic carbocycles. The van der Waals surface area contributed by atoms with Gasteiger partial charge in [0.15, 0.2) is 0 Å². The van der Waals surface area contributed by atoms with Gasteiger partial charge in [-0.25, -0.2) is 8.42 Å². The molecule has 0 radical (unpaired) electrons. The fraction of sp³-hybridized carbons (Fsp3) is 0.235. The van der Waals surface area contributed by atoms with Gasteiger partial charge in [0, 0.05) is 37.3 Å². The maximum atomic E-state index is 12.7. The first-order chi connectivity index (χ1) is 12.8. The molecule has 0 bridgehead atoms. The largest absolute Gasteiger partial charge is 0.363 e. The average Bonchev–Trinajstić information content (AvgIpc) is 2.68. The highest BCUT2D eigenvalue weighted by atomic mass is 35.5. The molecular weight excluding hydrogens is 392 g/mol. The molecule has 2 aromatic rings. The van der Waals surface area contributed by atoms with Crippen molar-refractivity contribution >= 4 is 33.0 Å². The van der Waals surface area contributed by atoms with Gasteiger partial charge in [-0.2, -0.15) is 9.57 Å². The molecule has 1 aliphatic heterocycles. The van der Waals surface area contributed by atoms with Crippen LogP contribution in [0.25, 0.3) is 0 Å². The van der Waals surface area contributed by atoms with Gasteiger partial charge in [0.05, 0.1) is 21.5 Å². The van der Waals surface area contributed by atoms with Crippen LogP contribution in [0.15, 0.2) is 47.4 Å². The first-order valence-corrected chi connectivity index (χ1v) is 9.84. The van der Waals surface area contributed by atoms with Gasteiger partial charge in [-0.1, -0.05) is 11.6 Å². The van der Waals surface area contributed by atoms with E-state index in [0.717, 1.165) is 0 Å². The summed E-state index contributed by atoms with van der Waals surface area (Å²) in [5, 5.41) is 20.8. The molecule has 0 aliphatic carbocycles. The Labute approximate surface area is 161 Å². The molecule has 10 heteroatoms. The lowest BCUT2D eigenvalue weighted by Crippen LogP contribution is -2.48. The first kappa shape index (κ1) is 19.1. The molecule has 1 aliphatic rings. The van der Waals surface area contributed by atoms with E-state index in [9.17, 15) is 18.5 Å². The van der Waals surface area contributed by atoms with E-state index >= 15 is 0 Å². The number of benzene rings is 2. The molecule has 3 rings (SSSR count). The Morgan fingerprint density at radius 1 is 1.07 bits per heavy atom. The Balaban J connectivity index is 1.81. The van der Waals surface area contributed by atoms with Gasteiger partial charge in [0.25, 0.3) is 5.69 Å². The number of nitrogens with zero attached hydrogens (tertiary/aromatic N) is 4. The lowest BCUT2D eigenvalue weighted by molar-refractivity contribution is -0.384. The Hall–Kier alpha value is -2.67. The van der Waals surface area contributed by atoms with Gasteiger partial charge in [0.1, 0.15) is 5.69 Å². The van der Waals surface area contributed by atoms with Crippen molar-refractivity contribution in [2.24, 2.45) is 0 Å². The molecule has 0 aromatic heterocycles. The SMILES string of the molecule is N#Cc1ccc([N+](=O)[O-])c(N2CCN(S(=O)(=O)c3ccc(Cl)cc3)CC2)c1. The summed E-state index contributed by atoms with van der Waals surface area (Å²) in [5.41, 5.74) is 0.525. The van der Waals surface area contributed by atoms with Gasteiger partial charge >= 0.3 is 0 Å². The molecule has 1 saturated heterocycles. The van der Waals surface area contributed by atoms with Gasteiger partial charge < -0.3 is 4.90 Å². The molecule has 0 unspecified atom stereocenters. The van der Waals surface area contributed by atoms with Crippen LogP contribution in [0.1, 0.15) is 5.56 Å². The molecular formula is C17H15ClN4O4S. The normalized spacial score (nSPS) is 15.3. The zero-order valence-electron chi connectivity index (χ0n) is 14.1. The summed E-state index contributed by atoms with van der Waals surface area (Å²) in [7, 11) is -3.66. The van der Waals surface area contributed by atoms with Crippen molar-refractivity contribution in [3.05, 3.63) is 63.2 Å². The molecule has 0 spiro atoms. The first-order valence-electron chi connectivity index (χ1n) is 8.02. The number of halogens is 1. The second-order valence-electron chi connectivity index (χ2n) is 5.92. The molecule has 0 amide bonds. The van der Waals surface area contributed by atoms with Crippen molar-refractivity contribution < 1.29 is 13.3 Å². The number of hydrogen-bond acceptors (Lipinski definition) is 6. The second-order valence-corrected chi connectivity index (χ2v) is 8.29. The quantitative estimate of drug-likeness (QED) is 0.570. The number of nitro groups is 1. The highest BCUT2D eigenvalue weighted by molar-refractivity contribution is 7.89. The number of sulfonamides is 1. The number of anilines is 1. The summed E-state index contributed by atoms with van der Waals surface area (Å²) >= 11 is 5.81. The highest BCUT2D eigenvalue weighted by Crippen LogP contribution is 2.30. The third kappa shape index (κ3) is 3.88. The zero-order chi connectivity index (χ0) is 19.6. The molecule has 0 saturated carbocycles. The lowest BCUT2D eigenvalue weighted by Gasteiger charge is -2.35. The monoisotopic (exact) mass is 406 g/mol. The standard InChI is InChI=1S/C17H15ClN4O4S/c18-14-2-4-15(5-3-14)27(25,26)21-9-7-20(8-10-21)17-11-13(12-19)1-6-16(17)22(23)24/h1-6,11H,7-10H2. The third-order valence-corrected chi connectivity index (χ3v) is 6.50. The molecule has 0 atom stereocenters. The van der Waals surface area contributed by atoms with E-state index in [1.807, 2.05) is 6.07 Å². The number of piperazine rings is 1. The minimum absolute atomic E-state index is 0.108. The predicted molar refractivity (Wildman–Crippen MR) is 100 cm³/mol. The number of nitro benzene ring substituents is 1. The van der Waals surface area contributed by atoms with Crippen molar-refractivity contribution in [2.75, 3.05) is 31.1 Å². The van der Waals surface area contributed by atoms with Crippen LogP contribution in [-0.4, -0.2) is 43.8 Å². The third-order valence-electron chi connectivity index (χ3n) is 4.33. The van der Waals surface area contributed by atoms with E-state index in [1.165, 1.54) is 46.8 Å². The van der Waals surface area contributed by atoms with Gasteiger partial charge in [-0.15, -0.1) is 0 Å². The molecule has 0 N–H and O–H groups in total. The van der Waals surface area contributed by atoms with E-state index in [0.29, 0.717) is 16.3 Å². The van der Waals surface area contributed by atoms with E-state index < -0.39 is 14.9 Å². The van der Waals surface area contributed by atoms with E-state index in [1.54, 1.807) is 4.90 Å². The Kier molecular flexibility index (Phi) is 5.32. The lowest BCUT2D eigenvalue weighted by atomic mass is 10.1. The molecule has 1 fully saturated rings. The Morgan fingerprint density at radius 2 is 1.70 bits per heavy atom. The zero-order valence-corrected chi connectivity index (χ0v) is 15.7. The van der Waals surface area contributed by atoms with E-state index in [2.05, 4.69) is 0 Å². The summed E-state index contributed by atoms with van der Waals surface area (Å²) in [6.07, 6.45) is 0. The van der Waals surface area contributed by atoms with Crippen LogP contribution in [0.4, 0.5) is 11.4 Å². The van der Waals surface area contributed by atoms with E-state index in [4.69, 9.17) is 16.9 Å². The fourth-order valence-corrected chi connectivity index (χ4v) is 4.47. The van der Waals surface area contributed by atoms with Crippen LogP contribution in [0.2, 0.25) is 5.02 Å². The Morgan fingerprint density at radius 3 is 2.26 bits per heavy atom. The predicted octanol–water partition coefficient (Wildman–Crippen LogP) is 2.63. The van der Waals surface area contributed by atoms with Crippen LogP contribution in [0.3, 0.4) is 0 Å². The summed E-state index contributed by atoms with van der Waals surface area (Å²) in [4.78, 5) is 12.7. The maximum absolute atomic E-state index is 12.7. The smallest absolute Gasteiger partial charge is 0.292 e. The van der Waals surface area contributed by atoms with Crippen LogP contribution in [0.5, 0.6) is 0 Å². The van der Waals surface area contributed by atoms with Crippen LogP contribution >= 0.6 is 11.6 Å². The Bertz CT molecular complexity index is 1010. The fourth-order valence-electron chi connectivity index (χ4n) is 2.93. The summed E-state index contributed by atoms with van der Waals surface area (Å²) in [5.74, 6) is 0. The number of nitriles is 1. The number of rotatable bonds is 4. The van der Waals surface area contributed by atoms with Crippen molar-refractivity contribution in [3.63, 3.8) is 0 Å². The van der Waals surface area contributed by atoms with Crippen LogP contribution in [0, 0.1) is 21.4 Å². The molecule has 140 valence electrons. The topological polar surface area (TPSA) is 108 Å². The van der Waals surface area contributed by atoms with Gasteiger partial charge in [0.2, 0.25) is 10.0 Å². The number of hydrogen-bond donors (Lipinski definition) is 0.